The number of rotatable bonds is 6. The fourth-order valence-corrected chi connectivity index (χ4v) is 4.85. The van der Waals surface area contributed by atoms with Gasteiger partial charge in [-0.1, -0.05) is 85.7 Å². The number of carbonyl (C=O) groups excluding carboxylic acids is 1. The van der Waals surface area contributed by atoms with Crippen LogP contribution in [0.1, 0.15) is 36.8 Å². The van der Waals surface area contributed by atoms with E-state index in [1.807, 2.05) is 53.4 Å². The molecule has 158 valence electrons. The maximum Gasteiger partial charge on any atom is 0.259 e. The van der Waals surface area contributed by atoms with Gasteiger partial charge in [-0.15, -0.1) is 0 Å². The van der Waals surface area contributed by atoms with Crippen molar-refractivity contribution in [2.75, 3.05) is 32.7 Å². The van der Waals surface area contributed by atoms with Gasteiger partial charge in [-0.25, -0.2) is 0 Å². The number of benzene rings is 2. The summed E-state index contributed by atoms with van der Waals surface area (Å²) in [7, 11) is 0. The molecule has 2 aromatic rings. The average Bonchev–Trinajstić information content (AvgIpc) is 3.35. The Morgan fingerprint density at radius 2 is 1.53 bits per heavy atom. The molecule has 1 unspecified atom stereocenters. The van der Waals surface area contributed by atoms with Crippen molar-refractivity contribution in [2.24, 2.45) is 5.92 Å². The van der Waals surface area contributed by atoms with E-state index in [2.05, 4.69) is 29.2 Å². The highest BCUT2D eigenvalue weighted by molar-refractivity contribution is 5.87. The predicted molar refractivity (Wildman–Crippen MR) is 121 cm³/mol. The highest BCUT2D eigenvalue weighted by atomic mass is 16.3. The molecule has 2 aliphatic rings. The minimum atomic E-state index is -1.40. The molecule has 1 atom stereocenters. The van der Waals surface area contributed by atoms with E-state index in [9.17, 15) is 9.90 Å². The van der Waals surface area contributed by atoms with Crippen LogP contribution in [0.5, 0.6) is 0 Å². The topological polar surface area (TPSA) is 43.8 Å². The standard InChI is InChI=1S/C26H32N2O2/c29-25(26(30,24-15-7-8-16-24)23-13-5-2-6-14-23)28-20-18-27(19-21-28)17-9-12-22-10-3-1-4-11-22/h1-6,9-14,24,30H,7-8,15-21H2/b12-9+. The quantitative estimate of drug-likeness (QED) is 0.794. The lowest BCUT2D eigenvalue weighted by Gasteiger charge is -2.41. The molecule has 30 heavy (non-hydrogen) atoms. The molecule has 4 heteroatoms. The van der Waals surface area contributed by atoms with Gasteiger partial charge in [0.05, 0.1) is 0 Å². The van der Waals surface area contributed by atoms with E-state index in [0.29, 0.717) is 13.1 Å². The molecule has 1 N–H and O–H groups in total. The molecular formula is C26H32N2O2. The summed E-state index contributed by atoms with van der Waals surface area (Å²) < 4.78 is 0. The second-order valence-corrected chi connectivity index (χ2v) is 8.52. The van der Waals surface area contributed by atoms with Gasteiger partial charge in [0, 0.05) is 38.6 Å². The Morgan fingerprint density at radius 3 is 2.17 bits per heavy atom. The van der Waals surface area contributed by atoms with Crippen molar-refractivity contribution in [1.29, 1.82) is 0 Å². The van der Waals surface area contributed by atoms with E-state index < -0.39 is 5.60 Å². The Bertz CT molecular complexity index is 838. The fourth-order valence-electron chi connectivity index (χ4n) is 4.85. The number of aliphatic hydroxyl groups is 1. The van der Waals surface area contributed by atoms with Crippen LogP contribution in [-0.2, 0) is 10.4 Å². The number of amides is 1. The molecule has 1 heterocycles. The van der Waals surface area contributed by atoms with Gasteiger partial charge in [0.25, 0.3) is 5.91 Å². The van der Waals surface area contributed by atoms with E-state index in [1.54, 1.807) is 0 Å². The van der Waals surface area contributed by atoms with Gasteiger partial charge in [0.2, 0.25) is 0 Å². The van der Waals surface area contributed by atoms with Crippen LogP contribution in [0.15, 0.2) is 66.7 Å². The Morgan fingerprint density at radius 1 is 0.933 bits per heavy atom. The summed E-state index contributed by atoms with van der Waals surface area (Å²) in [5.74, 6) is -0.0979. The lowest BCUT2D eigenvalue weighted by Crippen LogP contribution is -2.56. The van der Waals surface area contributed by atoms with Gasteiger partial charge in [-0.2, -0.15) is 0 Å². The van der Waals surface area contributed by atoms with Crippen molar-refractivity contribution in [3.05, 3.63) is 77.9 Å². The number of hydrogen-bond acceptors (Lipinski definition) is 3. The second kappa shape index (κ2) is 9.59. The summed E-state index contributed by atoms with van der Waals surface area (Å²) in [6.07, 6.45) is 8.35. The maximum absolute atomic E-state index is 13.6. The normalized spacial score (nSPS) is 20.5. The first-order chi connectivity index (χ1) is 14.7. The van der Waals surface area contributed by atoms with Crippen LogP contribution in [0.3, 0.4) is 0 Å². The van der Waals surface area contributed by atoms with Gasteiger partial charge < -0.3 is 10.0 Å². The highest BCUT2D eigenvalue weighted by Gasteiger charge is 2.48. The molecule has 1 amide bonds. The van der Waals surface area contributed by atoms with Gasteiger partial charge in [0.15, 0.2) is 5.60 Å². The average molecular weight is 405 g/mol. The van der Waals surface area contributed by atoms with Crippen LogP contribution in [0, 0.1) is 5.92 Å². The van der Waals surface area contributed by atoms with E-state index in [1.165, 1.54) is 5.56 Å². The van der Waals surface area contributed by atoms with Gasteiger partial charge >= 0.3 is 0 Å². The third-order valence-corrected chi connectivity index (χ3v) is 6.62. The maximum atomic E-state index is 13.6. The molecule has 4 nitrogen and oxygen atoms in total. The zero-order chi connectivity index (χ0) is 20.8. The first kappa shape index (κ1) is 20.8. The SMILES string of the molecule is O=C(N1CCN(C/C=C/c2ccccc2)CC1)C(O)(c1ccccc1)C1CCCC1. The third kappa shape index (κ3) is 4.50. The Hall–Kier alpha value is -2.43. The summed E-state index contributed by atoms with van der Waals surface area (Å²) in [5.41, 5.74) is 0.554. The molecule has 0 aromatic heterocycles. The minimum absolute atomic E-state index is 0.0132. The lowest BCUT2D eigenvalue weighted by atomic mass is 9.79. The third-order valence-electron chi connectivity index (χ3n) is 6.62. The summed E-state index contributed by atoms with van der Waals surface area (Å²) in [5, 5.41) is 11.7. The molecule has 2 aromatic carbocycles. The Kier molecular flexibility index (Phi) is 6.66. The van der Waals surface area contributed by atoms with E-state index in [4.69, 9.17) is 0 Å². The Labute approximate surface area is 179 Å². The number of carbonyl (C=O) groups is 1. The van der Waals surface area contributed by atoms with Crippen molar-refractivity contribution in [1.82, 2.24) is 9.80 Å². The smallest absolute Gasteiger partial charge is 0.259 e. The number of nitrogens with zero attached hydrogens (tertiary/aromatic N) is 2. The molecule has 0 bridgehead atoms. The van der Waals surface area contributed by atoms with Crippen molar-refractivity contribution < 1.29 is 9.90 Å². The van der Waals surface area contributed by atoms with Crippen LogP contribution in [0.25, 0.3) is 6.08 Å². The number of hydrogen-bond donors (Lipinski definition) is 1. The van der Waals surface area contributed by atoms with E-state index in [0.717, 1.165) is 50.9 Å². The van der Waals surface area contributed by atoms with Crippen LogP contribution in [0.2, 0.25) is 0 Å². The molecule has 2 fully saturated rings. The molecule has 1 saturated carbocycles. The molecule has 1 aliphatic carbocycles. The van der Waals surface area contributed by atoms with Crippen molar-refractivity contribution in [3.63, 3.8) is 0 Å². The fraction of sp³-hybridized carbons (Fsp3) is 0.423. The van der Waals surface area contributed by atoms with Gasteiger partial charge in [-0.05, 0) is 24.0 Å². The molecule has 0 spiro atoms. The van der Waals surface area contributed by atoms with Crippen molar-refractivity contribution in [2.45, 2.75) is 31.3 Å². The van der Waals surface area contributed by atoms with Crippen LogP contribution >= 0.6 is 0 Å². The van der Waals surface area contributed by atoms with Crippen LogP contribution in [0.4, 0.5) is 0 Å². The zero-order valence-corrected chi connectivity index (χ0v) is 17.6. The van der Waals surface area contributed by atoms with Crippen molar-refractivity contribution >= 4 is 12.0 Å². The first-order valence-electron chi connectivity index (χ1n) is 11.2. The van der Waals surface area contributed by atoms with Gasteiger partial charge in [-0.3, -0.25) is 9.69 Å². The summed E-state index contributed by atoms with van der Waals surface area (Å²) in [4.78, 5) is 17.8. The molecular weight excluding hydrogens is 372 g/mol. The second-order valence-electron chi connectivity index (χ2n) is 8.52. The minimum Gasteiger partial charge on any atom is -0.375 e. The Balaban J connectivity index is 1.39. The van der Waals surface area contributed by atoms with Crippen LogP contribution in [-0.4, -0.2) is 53.5 Å². The predicted octanol–water partition coefficient (Wildman–Crippen LogP) is 3.92. The zero-order valence-electron chi connectivity index (χ0n) is 17.6. The molecule has 1 aliphatic heterocycles. The highest BCUT2D eigenvalue weighted by Crippen LogP contribution is 2.42. The summed E-state index contributed by atoms with van der Waals surface area (Å²) in [6.45, 7) is 3.88. The molecule has 1 saturated heterocycles. The summed E-state index contributed by atoms with van der Waals surface area (Å²) >= 11 is 0. The van der Waals surface area contributed by atoms with Crippen LogP contribution < -0.4 is 0 Å². The molecule has 4 rings (SSSR count). The monoisotopic (exact) mass is 404 g/mol. The van der Waals surface area contributed by atoms with Gasteiger partial charge in [0.1, 0.15) is 0 Å². The number of piperazine rings is 1. The van der Waals surface area contributed by atoms with E-state index >= 15 is 0 Å². The van der Waals surface area contributed by atoms with E-state index in [-0.39, 0.29) is 11.8 Å². The van der Waals surface area contributed by atoms with Crippen molar-refractivity contribution in [3.8, 4) is 0 Å². The lowest BCUT2D eigenvalue weighted by molar-refractivity contribution is -0.161. The first-order valence-corrected chi connectivity index (χ1v) is 11.2. The summed E-state index contributed by atoms with van der Waals surface area (Å²) in [6, 6.07) is 19.9. The largest absolute Gasteiger partial charge is 0.375 e. The molecule has 0 radical (unpaired) electrons.